The molecule has 0 atom stereocenters. The first-order chi connectivity index (χ1) is 8.31. The fourth-order valence-electron chi connectivity index (χ4n) is 1.93. The Morgan fingerprint density at radius 2 is 1.78 bits per heavy atom. The summed E-state index contributed by atoms with van der Waals surface area (Å²) in [5, 5.41) is 0. The molecule has 18 heavy (non-hydrogen) atoms. The molecule has 1 saturated heterocycles. The molecule has 1 aliphatic rings. The van der Waals surface area contributed by atoms with Crippen LogP contribution in [0, 0.1) is 0 Å². The summed E-state index contributed by atoms with van der Waals surface area (Å²) in [5.74, 6) is -0.228. The van der Waals surface area contributed by atoms with Crippen LogP contribution in [0.5, 0.6) is 0 Å². The van der Waals surface area contributed by atoms with E-state index in [1.54, 1.807) is 0 Å². The van der Waals surface area contributed by atoms with Crippen LogP contribution < -0.4 is 4.31 Å². The molecule has 100 valence electrons. The minimum atomic E-state index is -3.31. The second-order valence-electron chi connectivity index (χ2n) is 5.51. The van der Waals surface area contributed by atoms with Crippen LogP contribution in [-0.4, -0.2) is 27.5 Å². The highest BCUT2D eigenvalue weighted by atomic mass is 32.2. The van der Waals surface area contributed by atoms with Gasteiger partial charge in [0.15, 0.2) is 5.94 Å². The van der Waals surface area contributed by atoms with Gasteiger partial charge in [-0.2, -0.15) is 0 Å². The highest BCUT2D eigenvalue weighted by molar-refractivity contribution is 7.92. The molecule has 1 heterocycles. The van der Waals surface area contributed by atoms with Crippen molar-refractivity contribution in [2.24, 2.45) is 0 Å². The van der Waals surface area contributed by atoms with Gasteiger partial charge in [-0.1, -0.05) is 32.9 Å². The van der Waals surface area contributed by atoms with E-state index in [-0.39, 0.29) is 11.4 Å². The van der Waals surface area contributed by atoms with E-state index in [1.165, 1.54) is 9.87 Å². The molecule has 0 N–H and O–H groups in total. The maximum absolute atomic E-state index is 11.9. The van der Waals surface area contributed by atoms with Crippen LogP contribution in [0.1, 0.15) is 26.3 Å². The van der Waals surface area contributed by atoms with Crippen molar-refractivity contribution in [1.29, 1.82) is 0 Å². The summed E-state index contributed by atoms with van der Waals surface area (Å²) in [6.45, 7) is 7.23. The first kappa shape index (κ1) is 13.4. The number of sulfonamides is 1. The molecule has 0 saturated carbocycles. The Hall–Kier alpha value is -1.07. The zero-order chi connectivity index (χ0) is 13.4. The van der Waals surface area contributed by atoms with Crippen molar-refractivity contribution in [3.63, 3.8) is 0 Å². The maximum Gasteiger partial charge on any atom is 0.259 e. The molecule has 0 unspecified atom stereocenters. The molecular formula is C13H19NO3S. The summed E-state index contributed by atoms with van der Waals surface area (Å²) in [7, 11) is -3.31. The molecule has 0 aliphatic carbocycles. The minimum Gasteiger partial charge on any atom is -0.362 e. The van der Waals surface area contributed by atoms with E-state index in [1.807, 2.05) is 24.3 Å². The van der Waals surface area contributed by atoms with Gasteiger partial charge in [-0.05, 0) is 23.1 Å². The normalized spacial score (nSPS) is 19.8. The number of benzene rings is 1. The molecule has 1 aliphatic heterocycles. The van der Waals surface area contributed by atoms with Gasteiger partial charge in [0, 0.05) is 0 Å². The first-order valence-electron chi connectivity index (χ1n) is 5.99. The average molecular weight is 269 g/mol. The van der Waals surface area contributed by atoms with Gasteiger partial charge in [-0.25, -0.2) is 8.42 Å². The van der Waals surface area contributed by atoms with Gasteiger partial charge < -0.3 is 4.74 Å². The van der Waals surface area contributed by atoms with E-state index >= 15 is 0 Å². The molecule has 2 rings (SSSR count). The van der Waals surface area contributed by atoms with Crippen molar-refractivity contribution in [3.05, 3.63) is 29.8 Å². The minimum absolute atomic E-state index is 0.0718. The third-order valence-electron chi connectivity index (χ3n) is 3.03. The third kappa shape index (κ3) is 2.67. The molecule has 0 amide bonds. The van der Waals surface area contributed by atoms with Crippen molar-refractivity contribution >= 4 is 15.7 Å². The lowest BCUT2D eigenvalue weighted by Gasteiger charge is -2.29. The zero-order valence-electron chi connectivity index (χ0n) is 11.0. The monoisotopic (exact) mass is 269 g/mol. The number of rotatable bonds is 1. The number of hydrogen-bond acceptors (Lipinski definition) is 3. The molecular weight excluding hydrogens is 250 g/mol. The lowest BCUT2D eigenvalue weighted by molar-refractivity contribution is 0.175. The summed E-state index contributed by atoms with van der Waals surface area (Å²) in [6.07, 6.45) is 0. The summed E-state index contributed by atoms with van der Waals surface area (Å²) < 4.78 is 30.1. The fourth-order valence-corrected chi connectivity index (χ4v) is 3.18. The summed E-state index contributed by atoms with van der Waals surface area (Å²) in [5.41, 5.74) is 1.98. The van der Waals surface area contributed by atoms with E-state index < -0.39 is 10.0 Å². The van der Waals surface area contributed by atoms with E-state index in [9.17, 15) is 8.42 Å². The Balaban J connectivity index is 2.29. The Kier molecular flexibility index (Phi) is 3.38. The lowest BCUT2D eigenvalue weighted by atomic mass is 9.87. The van der Waals surface area contributed by atoms with Crippen molar-refractivity contribution in [2.75, 3.05) is 23.4 Å². The predicted molar refractivity (Wildman–Crippen MR) is 72.2 cm³/mol. The summed E-state index contributed by atoms with van der Waals surface area (Å²) in [4.78, 5) is 0. The molecule has 0 aromatic heterocycles. The van der Waals surface area contributed by atoms with Gasteiger partial charge in [0.05, 0.1) is 18.8 Å². The highest BCUT2D eigenvalue weighted by Crippen LogP contribution is 2.26. The zero-order valence-corrected chi connectivity index (χ0v) is 11.8. The van der Waals surface area contributed by atoms with Gasteiger partial charge in [0.1, 0.15) is 0 Å². The van der Waals surface area contributed by atoms with Crippen molar-refractivity contribution < 1.29 is 13.2 Å². The topological polar surface area (TPSA) is 46.6 Å². The van der Waals surface area contributed by atoms with Crippen LogP contribution in [0.2, 0.25) is 0 Å². The van der Waals surface area contributed by atoms with Crippen LogP contribution >= 0.6 is 0 Å². The van der Waals surface area contributed by atoms with Crippen LogP contribution in [0.25, 0.3) is 0 Å². The second kappa shape index (κ2) is 4.55. The van der Waals surface area contributed by atoms with Gasteiger partial charge in [0.25, 0.3) is 10.0 Å². The molecule has 1 aromatic carbocycles. The largest absolute Gasteiger partial charge is 0.362 e. The predicted octanol–water partition coefficient (Wildman–Crippen LogP) is 2.11. The lowest BCUT2D eigenvalue weighted by Crippen LogP contribution is -2.41. The van der Waals surface area contributed by atoms with Crippen molar-refractivity contribution in [1.82, 2.24) is 0 Å². The SMILES string of the molecule is CC(C)(C)c1ccc(N2CCOCS2(=O)=O)cc1. The van der Waals surface area contributed by atoms with E-state index in [2.05, 4.69) is 20.8 Å². The highest BCUT2D eigenvalue weighted by Gasteiger charge is 2.26. The van der Waals surface area contributed by atoms with E-state index in [0.29, 0.717) is 18.8 Å². The average Bonchev–Trinajstić information content (AvgIpc) is 2.27. The fraction of sp³-hybridized carbons (Fsp3) is 0.538. The molecule has 1 aromatic rings. The van der Waals surface area contributed by atoms with Crippen molar-refractivity contribution in [3.8, 4) is 0 Å². The molecule has 0 radical (unpaired) electrons. The summed E-state index contributed by atoms with van der Waals surface area (Å²) >= 11 is 0. The van der Waals surface area contributed by atoms with Crippen LogP contribution in [-0.2, 0) is 20.2 Å². The Morgan fingerprint density at radius 3 is 2.28 bits per heavy atom. The first-order valence-corrected chi connectivity index (χ1v) is 7.60. The molecule has 4 nitrogen and oxygen atoms in total. The number of nitrogens with zero attached hydrogens (tertiary/aromatic N) is 1. The van der Waals surface area contributed by atoms with E-state index in [0.717, 1.165) is 0 Å². The smallest absolute Gasteiger partial charge is 0.259 e. The van der Waals surface area contributed by atoms with Gasteiger partial charge in [0.2, 0.25) is 0 Å². The molecule has 1 fully saturated rings. The third-order valence-corrected chi connectivity index (χ3v) is 4.56. The molecule has 0 bridgehead atoms. The number of anilines is 1. The maximum atomic E-state index is 11.9. The Labute approximate surface area is 109 Å². The van der Waals surface area contributed by atoms with Crippen LogP contribution in [0.15, 0.2) is 24.3 Å². The Morgan fingerprint density at radius 1 is 1.17 bits per heavy atom. The standard InChI is InChI=1S/C13H19NO3S/c1-13(2,3)11-4-6-12(7-5-11)14-8-9-17-10-18(14,15)16/h4-7H,8-10H2,1-3H3. The molecule has 0 spiro atoms. The number of hydrogen-bond donors (Lipinski definition) is 0. The quantitative estimate of drug-likeness (QED) is 0.784. The summed E-state index contributed by atoms with van der Waals surface area (Å²) in [6, 6.07) is 7.70. The number of ether oxygens (including phenoxy) is 1. The van der Waals surface area contributed by atoms with Crippen LogP contribution in [0.4, 0.5) is 5.69 Å². The van der Waals surface area contributed by atoms with Gasteiger partial charge >= 0.3 is 0 Å². The van der Waals surface area contributed by atoms with Crippen molar-refractivity contribution in [2.45, 2.75) is 26.2 Å². The van der Waals surface area contributed by atoms with E-state index in [4.69, 9.17) is 4.74 Å². The Bertz CT molecular complexity index is 514. The molecule has 5 heteroatoms. The van der Waals surface area contributed by atoms with Gasteiger partial charge in [-0.3, -0.25) is 4.31 Å². The van der Waals surface area contributed by atoms with Crippen LogP contribution in [0.3, 0.4) is 0 Å². The second-order valence-corrected chi connectivity index (χ2v) is 7.35. The van der Waals surface area contributed by atoms with Gasteiger partial charge in [-0.15, -0.1) is 0 Å².